The highest BCUT2D eigenvalue weighted by Crippen LogP contribution is 2.26. The van der Waals surface area contributed by atoms with Crippen LogP contribution in [0, 0.1) is 0 Å². The summed E-state index contributed by atoms with van der Waals surface area (Å²) in [4.78, 5) is 15.3. The zero-order valence-corrected chi connectivity index (χ0v) is 13.7. The second kappa shape index (κ2) is 6.12. The lowest BCUT2D eigenvalue weighted by Gasteiger charge is -2.20. The Bertz CT molecular complexity index is 690. The van der Waals surface area contributed by atoms with Gasteiger partial charge in [-0.15, -0.1) is 12.6 Å². The van der Waals surface area contributed by atoms with Gasteiger partial charge in [-0.05, 0) is 40.2 Å². The minimum atomic E-state index is -0.0157. The van der Waals surface area contributed by atoms with Crippen LogP contribution in [0.25, 0.3) is 0 Å². The number of carbonyl (C=O) groups is 1. The molecule has 2 aromatic carbocycles. The van der Waals surface area contributed by atoms with Gasteiger partial charge in [0.25, 0.3) is 5.91 Å². The molecule has 0 N–H and O–H groups in total. The SMILES string of the molecule is O=C(c1cc(S)ccc1Br)N1CCOc2ccccc2C1. The highest BCUT2D eigenvalue weighted by Gasteiger charge is 2.22. The van der Waals surface area contributed by atoms with Crippen LogP contribution in [0.2, 0.25) is 0 Å². The van der Waals surface area contributed by atoms with Gasteiger partial charge in [-0.2, -0.15) is 0 Å². The van der Waals surface area contributed by atoms with Crippen molar-refractivity contribution in [2.75, 3.05) is 13.2 Å². The van der Waals surface area contributed by atoms with Crippen LogP contribution in [0.15, 0.2) is 51.8 Å². The molecule has 0 atom stereocenters. The summed E-state index contributed by atoms with van der Waals surface area (Å²) in [7, 11) is 0. The van der Waals surface area contributed by atoms with Gasteiger partial charge in [0.05, 0.1) is 12.1 Å². The van der Waals surface area contributed by atoms with Crippen molar-refractivity contribution in [3.05, 3.63) is 58.1 Å². The summed E-state index contributed by atoms with van der Waals surface area (Å²) in [5.74, 6) is 0.841. The Morgan fingerprint density at radius 1 is 1.24 bits per heavy atom. The zero-order chi connectivity index (χ0) is 14.8. The normalized spacial score (nSPS) is 14.1. The summed E-state index contributed by atoms with van der Waals surface area (Å²) in [5, 5.41) is 0. The second-order valence-electron chi connectivity index (χ2n) is 4.85. The van der Waals surface area contributed by atoms with Crippen molar-refractivity contribution in [1.82, 2.24) is 4.90 Å². The highest BCUT2D eigenvalue weighted by atomic mass is 79.9. The van der Waals surface area contributed by atoms with Gasteiger partial charge in [-0.3, -0.25) is 4.79 Å². The van der Waals surface area contributed by atoms with Crippen LogP contribution in [0.5, 0.6) is 5.75 Å². The van der Waals surface area contributed by atoms with E-state index in [0.29, 0.717) is 25.3 Å². The molecule has 0 saturated carbocycles. The minimum absolute atomic E-state index is 0.0157. The van der Waals surface area contributed by atoms with E-state index in [1.165, 1.54) is 0 Å². The Morgan fingerprint density at radius 3 is 2.90 bits per heavy atom. The Balaban J connectivity index is 1.90. The van der Waals surface area contributed by atoms with Crippen LogP contribution in [-0.2, 0) is 6.54 Å². The van der Waals surface area contributed by atoms with Crippen molar-refractivity contribution in [3.8, 4) is 5.75 Å². The fraction of sp³-hybridized carbons (Fsp3) is 0.188. The number of benzene rings is 2. The molecule has 21 heavy (non-hydrogen) atoms. The molecule has 2 aromatic rings. The molecule has 1 aliphatic rings. The number of ether oxygens (including phenoxy) is 1. The van der Waals surface area contributed by atoms with Crippen molar-refractivity contribution in [1.29, 1.82) is 0 Å². The Morgan fingerprint density at radius 2 is 2.05 bits per heavy atom. The van der Waals surface area contributed by atoms with E-state index in [1.807, 2.05) is 36.4 Å². The first-order valence-corrected chi connectivity index (χ1v) is 7.87. The van der Waals surface area contributed by atoms with Gasteiger partial charge in [-0.25, -0.2) is 0 Å². The fourth-order valence-electron chi connectivity index (χ4n) is 2.35. The molecule has 0 aromatic heterocycles. The Kier molecular flexibility index (Phi) is 4.22. The summed E-state index contributed by atoms with van der Waals surface area (Å²) in [5.41, 5.74) is 1.66. The fourth-order valence-corrected chi connectivity index (χ4v) is 2.97. The molecule has 0 aliphatic carbocycles. The number of thiol groups is 1. The van der Waals surface area contributed by atoms with E-state index in [1.54, 1.807) is 11.0 Å². The maximum Gasteiger partial charge on any atom is 0.255 e. The van der Waals surface area contributed by atoms with Crippen molar-refractivity contribution < 1.29 is 9.53 Å². The number of halogens is 1. The molecule has 5 heteroatoms. The largest absolute Gasteiger partial charge is 0.491 e. The standard InChI is InChI=1S/C16H14BrNO2S/c17-14-6-5-12(21)9-13(14)16(19)18-7-8-20-15-4-2-1-3-11(15)10-18/h1-6,9,21H,7-8,10H2. The number of hydrogen-bond donors (Lipinski definition) is 1. The minimum Gasteiger partial charge on any atom is -0.491 e. The van der Waals surface area contributed by atoms with E-state index in [2.05, 4.69) is 28.6 Å². The molecule has 1 amide bonds. The van der Waals surface area contributed by atoms with Crippen molar-refractivity contribution in [2.24, 2.45) is 0 Å². The molecule has 108 valence electrons. The first kappa shape index (κ1) is 14.5. The predicted octanol–water partition coefficient (Wildman–Crippen LogP) is 3.77. The van der Waals surface area contributed by atoms with Crippen molar-refractivity contribution >= 4 is 34.5 Å². The molecule has 1 heterocycles. The van der Waals surface area contributed by atoms with Gasteiger partial charge in [0.15, 0.2) is 0 Å². The van der Waals surface area contributed by atoms with Crippen LogP contribution in [0.4, 0.5) is 0 Å². The third-order valence-electron chi connectivity index (χ3n) is 3.42. The van der Waals surface area contributed by atoms with Crippen LogP contribution in [0.3, 0.4) is 0 Å². The molecule has 0 unspecified atom stereocenters. The molecule has 0 radical (unpaired) electrons. The van der Waals surface area contributed by atoms with E-state index < -0.39 is 0 Å². The first-order chi connectivity index (χ1) is 10.1. The lowest BCUT2D eigenvalue weighted by atomic mass is 10.1. The Hall–Kier alpha value is -1.46. The maximum absolute atomic E-state index is 12.7. The molecule has 0 saturated heterocycles. The van der Waals surface area contributed by atoms with Gasteiger partial charge < -0.3 is 9.64 Å². The molecule has 3 nitrogen and oxygen atoms in total. The summed E-state index contributed by atoms with van der Waals surface area (Å²) >= 11 is 7.75. The van der Waals surface area contributed by atoms with E-state index >= 15 is 0 Å². The van der Waals surface area contributed by atoms with Gasteiger partial charge in [-0.1, -0.05) is 18.2 Å². The molecule has 0 fully saturated rings. The second-order valence-corrected chi connectivity index (χ2v) is 6.22. The number of hydrogen-bond acceptors (Lipinski definition) is 3. The number of fused-ring (bicyclic) bond motifs is 1. The molecule has 1 aliphatic heterocycles. The smallest absolute Gasteiger partial charge is 0.255 e. The number of para-hydroxylation sites is 1. The lowest BCUT2D eigenvalue weighted by Crippen LogP contribution is -2.32. The van der Waals surface area contributed by atoms with Gasteiger partial charge in [0, 0.05) is 21.5 Å². The number of nitrogens with zero attached hydrogens (tertiary/aromatic N) is 1. The van der Waals surface area contributed by atoms with Crippen molar-refractivity contribution in [2.45, 2.75) is 11.4 Å². The molecule has 0 spiro atoms. The quantitative estimate of drug-likeness (QED) is 0.781. The molecule has 0 bridgehead atoms. The highest BCUT2D eigenvalue weighted by molar-refractivity contribution is 9.10. The maximum atomic E-state index is 12.7. The van der Waals surface area contributed by atoms with E-state index in [0.717, 1.165) is 20.7 Å². The average Bonchev–Trinajstić information content (AvgIpc) is 2.71. The van der Waals surface area contributed by atoms with Gasteiger partial charge in [0.2, 0.25) is 0 Å². The number of amides is 1. The van der Waals surface area contributed by atoms with Gasteiger partial charge in [0.1, 0.15) is 12.4 Å². The first-order valence-electron chi connectivity index (χ1n) is 6.63. The van der Waals surface area contributed by atoms with E-state index in [9.17, 15) is 4.79 Å². The molecule has 3 rings (SSSR count). The van der Waals surface area contributed by atoms with Crippen LogP contribution >= 0.6 is 28.6 Å². The number of rotatable bonds is 1. The molecular formula is C16H14BrNO2S. The van der Waals surface area contributed by atoms with Gasteiger partial charge >= 0.3 is 0 Å². The summed E-state index contributed by atoms with van der Waals surface area (Å²) in [6, 6.07) is 13.3. The zero-order valence-electron chi connectivity index (χ0n) is 11.3. The monoisotopic (exact) mass is 363 g/mol. The summed E-state index contributed by atoms with van der Waals surface area (Å²) in [6.45, 7) is 1.62. The van der Waals surface area contributed by atoms with E-state index in [4.69, 9.17) is 4.74 Å². The summed E-state index contributed by atoms with van der Waals surface area (Å²) < 4.78 is 6.48. The van der Waals surface area contributed by atoms with Crippen molar-refractivity contribution in [3.63, 3.8) is 0 Å². The number of carbonyl (C=O) groups excluding carboxylic acids is 1. The molecular weight excluding hydrogens is 350 g/mol. The topological polar surface area (TPSA) is 29.5 Å². The lowest BCUT2D eigenvalue weighted by molar-refractivity contribution is 0.0732. The van der Waals surface area contributed by atoms with Crippen LogP contribution in [0.1, 0.15) is 15.9 Å². The van der Waals surface area contributed by atoms with Crippen LogP contribution < -0.4 is 4.74 Å². The van der Waals surface area contributed by atoms with Crippen LogP contribution in [-0.4, -0.2) is 24.0 Å². The Labute approximate surface area is 137 Å². The van der Waals surface area contributed by atoms with E-state index in [-0.39, 0.29) is 5.91 Å². The third kappa shape index (κ3) is 3.09. The average molecular weight is 364 g/mol. The summed E-state index contributed by atoms with van der Waals surface area (Å²) in [6.07, 6.45) is 0. The third-order valence-corrected chi connectivity index (χ3v) is 4.39. The predicted molar refractivity (Wildman–Crippen MR) is 88.1 cm³/mol.